The molecule has 19 nitrogen and oxygen atoms in total. The summed E-state index contributed by atoms with van der Waals surface area (Å²) in [5.41, 5.74) is -2.13. The van der Waals surface area contributed by atoms with Crippen LogP contribution in [0.2, 0.25) is 0 Å². The van der Waals surface area contributed by atoms with Crippen LogP contribution in [-0.2, 0) is 57.9 Å². The number of hydrogen-bond donors (Lipinski definition) is 2. The molecule has 0 spiro atoms. The Morgan fingerprint density at radius 1 is 0.696 bits per heavy atom. The smallest absolute Gasteiger partial charge is 0.336 e. The van der Waals surface area contributed by atoms with Crippen molar-refractivity contribution >= 4 is 47.3 Å². The summed E-state index contributed by atoms with van der Waals surface area (Å²) in [5.74, 6) is -1.56. The van der Waals surface area contributed by atoms with E-state index < -0.39 is 40.8 Å². The van der Waals surface area contributed by atoms with Crippen molar-refractivity contribution in [2.24, 2.45) is 11.8 Å². The molecule has 0 bridgehead atoms. The molecule has 2 N–H and O–H groups in total. The minimum atomic E-state index is -0.723. The van der Waals surface area contributed by atoms with Crippen molar-refractivity contribution in [2.75, 3.05) is 84.6 Å². The monoisotopic (exact) mass is 806 g/mol. The number of thioether (sulfide) groups is 1. The van der Waals surface area contributed by atoms with E-state index in [1.165, 1.54) is 36.2 Å². The molecule has 4 amide bonds. The molecule has 310 valence electrons. The number of ether oxygens (including phenoxy) is 2. The van der Waals surface area contributed by atoms with Crippen LogP contribution in [0.25, 0.3) is 0 Å². The first-order valence-electron chi connectivity index (χ1n) is 18.6. The van der Waals surface area contributed by atoms with Crippen LogP contribution in [0, 0.1) is 11.8 Å². The van der Waals surface area contributed by atoms with E-state index >= 15 is 0 Å². The Bertz CT molecular complexity index is 1660. The third-order valence-corrected chi connectivity index (χ3v) is 10.5. The third-order valence-electron chi connectivity index (χ3n) is 9.45. The normalized spacial score (nSPS) is 16.6. The van der Waals surface area contributed by atoms with Gasteiger partial charge < -0.3 is 34.8 Å². The molecular weight excluding hydrogens is 753 g/mol. The zero-order valence-electron chi connectivity index (χ0n) is 32.2. The largest absolute Gasteiger partial charge is 0.469 e. The van der Waals surface area contributed by atoms with Crippen LogP contribution in [0.3, 0.4) is 0 Å². The Balaban J connectivity index is 1.50. The van der Waals surface area contributed by atoms with Crippen molar-refractivity contribution in [1.82, 2.24) is 39.0 Å². The summed E-state index contributed by atoms with van der Waals surface area (Å²) >= 11 is 1.57. The number of esters is 2. The van der Waals surface area contributed by atoms with Crippen molar-refractivity contribution < 1.29 is 38.2 Å². The van der Waals surface area contributed by atoms with Gasteiger partial charge in [-0.3, -0.25) is 28.8 Å². The van der Waals surface area contributed by atoms with Gasteiger partial charge in [0.15, 0.2) is 0 Å². The zero-order chi connectivity index (χ0) is 41.2. The molecule has 2 aliphatic rings. The number of aromatic nitrogens is 3. The molecule has 56 heavy (non-hydrogen) atoms. The number of carbonyl (C=O) groups excluding carboxylic acids is 6. The maximum Gasteiger partial charge on any atom is 0.336 e. The quantitative estimate of drug-likeness (QED) is 0.0623. The summed E-state index contributed by atoms with van der Waals surface area (Å²) in [6.07, 6.45) is 3.68. The Morgan fingerprint density at radius 3 is 1.57 bits per heavy atom. The number of methoxy groups -OCH3 is 2. The van der Waals surface area contributed by atoms with Gasteiger partial charge in [0.2, 0.25) is 23.6 Å². The van der Waals surface area contributed by atoms with E-state index in [1.54, 1.807) is 11.8 Å². The van der Waals surface area contributed by atoms with Crippen molar-refractivity contribution in [2.45, 2.75) is 51.7 Å². The lowest BCUT2D eigenvalue weighted by molar-refractivity contribution is -0.145. The lowest BCUT2D eigenvalue weighted by Gasteiger charge is -2.22. The highest BCUT2D eigenvalue weighted by Crippen LogP contribution is 2.19. The van der Waals surface area contributed by atoms with Gasteiger partial charge in [-0.25, -0.2) is 28.1 Å². The SMILES string of the molecule is C=CCn1c(=O)n(CC=C)c(=O)n(CCCSCCN(CCC(=O)NCCN2CC(C(=O)OC)CC2=O)CCC(=O)NCCN2CC(C(=O)OC)CC2=O)c1=O. The fraction of sp³-hybridized carbons (Fsp3) is 0.639. The van der Waals surface area contributed by atoms with Gasteiger partial charge >= 0.3 is 29.0 Å². The van der Waals surface area contributed by atoms with E-state index in [-0.39, 0.29) is 108 Å². The molecule has 3 rings (SSSR count). The van der Waals surface area contributed by atoms with Crippen LogP contribution in [0.5, 0.6) is 0 Å². The molecular formula is C36H54N8O11S. The summed E-state index contributed by atoms with van der Waals surface area (Å²) in [5, 5.41) is 5.62. The van der Waals surface area contributed by atoms with Crippen LogP contribution in [0.15, 0.2) is 39.7 Å². The Labute approximate surface area is 329 Å². The van der Waals surface area contributed by atoms with Crippen molar-refractivity contribution in [3.8, 4) is 0 Å². The number of nitrogens with one attached hydrogen (secondary N) is 2. The highest BCUT2D eigenvalue weighted by molar-refractivity contribution is 7.99. The Kier molecular flexibility index (Phi) is 18.8. The molecule has 2 fully saturated rings. The van der Waals surface area contributed by atoms with E-state index in [0.717, 1.165) is 13.7 Å². The number of amides is 4. The van der Waals surface area contributed by atoms with Crippen LogP contribution >= 0.6 is 11.8 Å². The molecule has 2 atom stereocenters. The van der Waals surface area contributed by atoms with Gasteiger partial charge in [-0.2, -0.15) is 11.8 Å². The molecule has 2 unspecified atom stereocenters. The minimum absolute atomic E-state index is 0.0408. The van der Waals surface area contributed by atoms with Crippen molar-refractivity contribution in [3.63, 3.8) is 0 Å². The van der Waals surface area contributed by atoms with Gasteiger partial charge in [-0.15, -0.1) is 13.2 Å². The average molecular weight is 807 g/mol. The molecule has 2 aliphatic heterocycles. The maximum atomic E-state index is 12.9. The van der Waals surface area contributed by atoms with Gasteiger partial charge in [0.05, 0.1) is 39.1 Å². The fourth-order valence-corrected chi connectivity index (χ4v) is 7.31. The summed E-state index contributed by atoms with van der Waals surface area (Å²) in [6, 6.07) is 0. The van der Waals surface area contributed by atoms with Crippen LogP contribution in [0.4, 0.5) is 0 Å². The van der Waals surface area contributed by atoms with Crippen molar-refractivity contribution in [3.05, 3.63) is 56.8 Å². The van der Waals surface area contributed by atoms with Crippen LogP contribution in [0.1, 0.15) is 32.1 Å². The van der Waals surface area contributed by atoms with Crippen molar-refractivity contribution in [1.29, 1.82) is 0 Å². The second kappa shape index (κ2) is 23.2. The standard InChI is InChI=1S/C36H54N8O11S/c1-5-12-42-34(51)43(13-6-2)36(53)44(35(42)52)14-7-20-56-21-19-39(15-8-28(45)37-10-17-40-24-26(22-30(40)47)32(49)54-3)16-9-29(46)38-11-18-41-25-27(23-31(41)48)33(50)55-4/h5-6,26-27H,1-2,7-25H2,3-4H3,(H,37,45)(H,38,46). The molecule has 3 heterocycles. The lowest BCUT2D eigenvalue weighted by Crippen LogP contribution is -2.54. The number of rotatable bonds is 25. The highest BCUT2D eigenvalue weighted by atomic mass is 32.2. The number of likely N-dealkylation sites (tertiary alicyclic amines) is 2. The second-order valence-electron chi connectivity index (χ2n) is 13.3. The molecule has 0 radical (unpaired) electrons. The second-order valence-corrected chi connectivity index (χ2v) is 14.6. The summed E-state index contributed by atoms with van der Waals surface area (Å²) < 4.78 is 12.4. The number of carbonyl (C=O) groups is 6. The lowest BCUT2D eigenvalue weighted by atomic mass is 10.1. The first-order valence-corrected chi connectivity index (χ1v) is 19.7. The molecule has 0 aromatic carbocycles. The van der Waals surface area contributed by atoms with E-state index in [4.69, 9.17) is 9.47 Å². The maximum absolute atomic E-state index is 12.9. The van der Waals surface area contributed by atoms with Gasteiger partial charge in [-0.05, 0) is 12.2 Å². The van der Waals surface area contributed by atoms with Crippen LogP contribution < -0.4 is 27.7 Å². The Morgan fingerprint density at radius 2 is 1.14 bits per heavy atom. The first kappa shape index (κ1) is 45.4. The van der Waals surface area contributed by atoms with Gasteiger partial charge in [-0.1, -0.05) is 12.2 Å². The third kappa shape index (κ3) is 13.3. The molecule has 0 aliphatic carbocycles. The van der Waals surface area contributed by atoms with E-state index in [2.05, 4.69) is 23.8 Å². The predicted octanol–water partition coefficient (Wildman–Crippen LogP) is -1.98. The van der Waals surface area contributed by atoms with E-state index in [1.807, 2.05) is 4.90 Å². The molecule has 20 heteroatoms. The fourth-order valence-electron chi connectivity index (χ4n) is 6.38. The van der Waals surface area contributed by atoms with Gasteiger partial charge in [0, 0.05) is 96.9 Å². The van der Waals surface area contributed by atoms with E-state index in [9.17, 15) is 43.2 Å². The molecule has 1 aromatic heterocycles. The molecule has 1 aromatic rings. The number of nitrogens with zero attached hydrogens (tertiary/aromatic N) is 6. The van der Waals surface area contributed by atoms with Gasteiger partial charge in [0.25, 0.3) is 0 Å². The van der Waals surface area contributed by atoms with Crippen LogP contribution in [-0.4, -0.2) is 149 Å². The average Bonchev–Trinajstić information content (AvgIpc) is 3.75. The summed E-state index contributed by atoms with van der Waals surface area (Å²) in [7, 11) is 2.55. The highest BCUT2D eigenvalue weighted by Gasteiger charge is 2.35. The molecule has 0 saturated carbocycles. The summed E-state index contributed by atoms with van der Waals surface area (Å²) in [6.45, 7) is 9.81. The van der Waals surface area contributed by atoms with E-state index in [0.29, 0.717) is 37.6 Å². The first-order chi connectivity index (χ1) is 26.8. The topological polar surface area (TPSA) is 221 Å². The summed E-state index contributed by atoms with van der Waals surface area (Å²) in [4.78, 5) is 117. The number of hydrogen-bond acceptors (Lipinski definition) is 13. The minimum Gasteiger partial charge on any atom is -0.469 e. The zero-order valence-corrected chi connectivity index (χ0v) is 33.1. The predicted molar refractivity (Wildman–Crippen MR) is 207 cm³/mol. The van der Waals surface area contributed by atoms with Gasteiger partial charge in [0.1, 0.15) is 0 Å². The molecule has 2 saturated heterocycles. The number of allylic oxidation sites excluding steroid dienone is 2. The Hall–Kier alpha value is -4.98.